The van der Waals surface area contributed by atoms with Crippen LogP contribution in [0.15, 0.2) is 38.6 Å². The average Bonchev–Trinajstić information content (AvgIpc) is 2.75. The van der Waals surface area contributed by atoms with Crippen LogP contribution in [0.4, 0.5) is 0 Å². The first-order valence-corrected chi connectivity index (χ1v) is 8.81. The summed E-state index contributed by atoms with van der Waals surface area (Å²) >= 11 is 8.75. The molecule has 1 aromatic carbocycles. The Morgan fingerprint density at radius 2 is 1.95 bits per heavy atom. The molecule has 5 heteroatoms. The van der Waals surface area contributed by atoms with E-state index >= 15 is 0 Å². The molecule has 0 aliphatic carbocycles. The molecule has 108 valence electrons. The van der Waals surface area contributed by atoms with Gasteiger partial charge in [0.25, 0.3) is 0 Å². The van der Waals surface area contributed by atoms with Crippen LogP contribution in [0.2, 0.25) is 0 Å². The third kappa shape index (κ3) is 4.88. The van der Waals surface area contributed by atoms with Gasteiger partial charge < -0.3 is 10.1 Å². The molecular weight excluding hydrogens is 402 g/mol. The van der Waals surface area contributed by atoms with Crippen LogP contribution < -0.4 is 10.1 Å². The summed E-state index contributed by atoms with van der Waals surface area (Å²) in [6.45, 7) is 5.72. The Kier molecular flexibility index (Phi) is 6.08. The van der Waals surface area contributed by atoms with Crippen molar-refractivity contribution in [1.82, 2.24) is 5.32 Å². The van der Waals surface area contributed by atoms with E-state index in [9.17, 15) is 0 Å². The normalized spacial score (nSPS) is 12.4. The minimum Gasteiger partial charge on any atom is -0.492 e. The Bertz CT molecular complexity index is 534. The molecule has 0 radical (unpaired) electrons. The molecule has 1 heterocycles. The predicted octanol–water partition coefficient (Wildman–Crippen LogP) is 5.14. The van der Waals surface area contributed by atoms with Gasteiger partial charge in [-0.15, -0.1) is 11.3 Å². The van der Waals surface area contributed by atoms with Crippen molar-refractivity contribution in [3.63, 3.8) is 0 Å². The van der Waals surface area contributed by atoms with Gasteiger partial charge in [-0.25, -0.2) is 0 Å². The van der Waals surface area contributed by atoms with Crippen LogP contribution in [-0.4, -0.2) is 12.6 Å². The summed E-state index contributed by atoms with van der Waals surface area (Å²) in [5.41, 5.74) is 1.25. The number of halogens is 2. The second-order valence-electron chi connectivity index (χ2n) is 4.74. The summed E-state index contributed by atoms with van der Waals surface area (Å²) in [5, 5.41) is 3.46. The molecular formula is C15H17Br2NOS. The first kappa shape index (κ1) is 16.0. The molecule has 0 spiro atoms. The Morgan fingerprint density at radius 3 is 2.55 bits per heavy atom. The molecule has 0 bridgehead atoms. The maximum Gasteiger partial charge on any atom is 0.119 e. The first-order chi connectivity index (χ1) is 9.54. The van der Waals surface area contributed by atoms with Crippen molar-refractivity contribution in [3.8, 4) is 5.75 Å². The molecule has 1 aromatic heterocycles. The first-order valence-electron chi connectivity index (χ1n) is 6.41. The lowest BCUT2D eigenvalue weighted by Gasteiger charge is -2.14. The van der Waals surface area contributed by atoms with E-state index in [1.165, 1.54) is 10.4 Å². The number of aryl methyl sites for hydroxylation is 1. The van der Waals surface area contributed by atoms with Crippen LogP contribution in [0.25, 0.3) is 0 Å². The van der Waals surface area contributed by atoms with E-state index in [2.05, 4.69) is 69.2 Å². The summed E-state index contributed by atoms with van der Waals surface area (Å²) < 4.78 is 8.01. The molecule has 0 amide bonds. The molecule has 2 nitrogen and oxygen atoms in total. The molecule has 0 fully saturated rings. The summed E-state index contributed by atoms with van der Waals surface area (Å²) in [5.74, 6) is 0.922. The fourth-order valence-electron chi connectivity index (χ4n) is 1.67. The van der Waals surface area contributed by atoms with Gasteiger partial charge in [-0.05, 0) is 63.9 Å². The largest absolute Gasteiger partial charge is 0.492 e. The van der Waals surface area contributed by atoms with Crippen LogP contribution >= 0.6 is 43.2 Å². The smallest absolute Gasteiger partial charge is 0.119 e. The van der Waals surface area contributed by atoms with E-state index in [4.69, 9.17) is 4.74 Å². The maximum absolute atomic E-state index is 5.76. The van der Waals surface area contributed by atoms with Crippen LogP contribution in [0.5, 0.6) is 5.75 Å². The highest BCUT2D eigenvalue weighted by Crippen LogP contribution is 2.32. The van der Waals surface area contributed by atoms with Crippen LogP contribution in [0, 0.1) is 6.92 Å². The van der Waals surface area contributed by atoms with Gasteiger partial charge >= 0.3 is 0 Å². The lowest BCUT2D eigenvalue weighted by atomic mass is 10.2. The van der Waals surface area contributed by atoms with Crippen molar-refractivity contribution >= 4 is 43.2 Å². The van der Waals surface area contributed by atoms with Crippen LogP contribution in [0.1, 0.15) is 17.4 Å². The zero-order valence-electron chi connectivity index (χ0n) is 11.5. The van der Waals surface area contributed by atoms with E-state index in [-0.39, 0.29) is 0 Å². The Balaban J connectivity index is 1.75. The standard InChI is InChI=1S/C15H17Br2NOS/c1-10-3-5-12(6-4-10)19-9-11(2)18-8-13-7-14(16)15(17)20-13/h3-7,11,18H,8-9H2,1-2H3. The number of benzene rings is 1. The van der Waals surface area contributed by atoms with Gasteiger partial charge in [-0.3, -0.25) is 0 Å². The molecule has 0 saturated carbocycles. The number of nitrogens with one attached hydrogen (secondary N) is 1. The van der Waals surface area contributed by atoms with Gasteiger partial charge in [0.05, 0.1) is 3.79 Å². The van der Waals surface area contributed by atoms with Gasteiger partial charge in [-0.1, -0.05) is 17.7 Å². The Labute approximate surface area is 140 Å². The van der Waals surface area contributed by atoms with Crippen molar-refractivity contribution in [3.05, 3.63) is 49.0 Å². The van der Waals surface area contributed by atoms with Gasteiger partial charge in [0.1, 0.15) is 12.4 Å². The molecule has 0 aliphatic rings. The minimum absolute atomic E-state index is 0.302. The molecule has 0 saturated heterocycles. The van der Waals surface area contributed by atoms with Crippen molar-refractivity contribution in [2.75, 3.05) is 6.61 Å². The van der Waals surface area contributed by atoms with Crippen molar-refractivity contribution in [2.24, 2.45) is 0 Å². The highest BCUT2D eigenvalue weighted by molar-refractivity contribution is 9.13. The van der Waals surface area contributed by atoms with Crippen molar-refractivity contribution in [2.45, 2.75) is 26.4 Å². The van der Waals surface area contributed by atoms with Gasteiger partial charge in [0.2, 0.25) is 0 Å². The molecule has 1 unspecified atom stereocenters. The second kappa shape index (κ2) is 7.59. The number of thiophene rings is 1. The van der Waals surface area contributed by atoms with E-state index < -0.39 is 0 Å². The van der Waals surface area contributed by atoms with Crippen LogP contribution in [0.3, 0.4) is 0 Å². The van der Waals surface area contributed by atoms with E-state index in [0.29, 0.717) is 12.6 Å². The van der Waals surface area contributed by atoms with Gasteiger partial charge in [0, 0.05) is 21.9 Å². The molecule has 2 aromatic rings. The summed E-state index contributed by atoms with van der Waals surface area (Å²) in [4.78, 5) is 1.30. The summed E-state index contributed by atoms with van der Waals surface area (Å²) in [6.07, 6.45) is 0. The zero-order valence-corrected chi connectivity index (χ0v) is 15.4. The summed E-state index contributed by atoms with van der Waals surface area (Å²) in [6, 6.07) is 10.6. The van der Waals surface area contributed by atoms with Crippen molar-refractivity contribution in [1.29, 1.82) is 0 Å². The molecule has 20 heavy (non-hydrogen) atoms. The summed E-state index contributed by atoms with van der Waals surface area (Å²) in [7, 11) is 0. The number of hydrogen-bond donors (Lipinski definition) is 1. The van der Waals surface area contributed by atoms with Crippen molar-refractivity contribution < 1.29 is 4.74 Å². The Morgan fingerprint density at radius 1 is 1.25 bits per heavy atom. The number of hydrogen-bond acceptors (Lipinski definition) is 3. The molecule has 1 N–H and O–H groups in total. The van der Waals surface area contributed by atoms with E-state index in [1.54, 1.807) is 11.3 Å². The molecule has 2 rings (SSSR count). The van der Waals surface area contributed by atoms with E-state index in [0.717, 1.165) is 20.6 Å². The second-order valence-corrected chi connectivity index (χ2v) is 8.05. The average molecular weight is 419 g/mol. The van der Waals surface area contributed by atoms with E-state index in [1.807, 2.05) is 12.1 Å². The highest BCUT2D eigenvalue weighted by Gasteiger charge is 2.07. The SMILES string of the molecule is Cc1ccc(OCC(C)NCc2cc(Br)c(Br)s2)cc1. The molecule has 0 aliphatic heterocycles. The van der Waals surface area contributed by atoms with Gasteiger partial charge in [0.15, 0.2) is 0 Å². The minimum atomic E-state index is 0.302. The zero-order chi connectivity index (χ0) is 14.5. The monoisotopic (exact) mass is 417 g/mol. The fraction of sp³-hybridized carbons (Fsp3) is 0.333. The lowest BCUT2D eigenvalue weighted by Crippen LogP contribution is -2.31. The molecule has 1 atom stereocenters. The third-order valence-corrected chi connectivity index (χ3v) is 6.10. The third-order valence-electron chi connectivity index (χ3n) is 2.84. The topological polar surface area (TPSA) is 21.3 Å². The fourth-order valence-corrected chi connectivity index (χ4v) is 3.80. The lowest BCUT2D eigenvalue weighted by molar-refractivity contribution is 0.273. The Hall–Kier alpha value is -0.360. The predicted molar refractivity (Wildman–Crippen MR) is 92.7 cm³/mol. The quantitative estimate of drug-likeness (QED) is 0.701. The van der Waals surface area contributed by atoms with Crippen LogP contribution in [-0.2, 0) is 6.54 Å². The number of rotatable bonds is 6. The number of ether oxygens (including phenoxy) is 1. The van der Waals surface area contributed by atoms with Gasteiger partial charge in [-0.2, -0.15) is 0 Å². The highest BCUT2D eigenvalue weighted by atomic mass is 79.9. The maximum atomic E-state index is 5.76.